The van der Waals surface area contributed by atoms with Crippen molar-refractivity contribution in [3.63, 3.8) is 0 Å². The van der Waals surface area contributed by atoms with Crippen molar-refractivity contribution in [2.45, 2.75) is 0 Å². The molecule has 0 aromatic rings. The Morgan fingerprint density at radius 2 is 1.17 bits per heavy atom. The van der Waals surface area contributed by atoms with Gasteiger partial charge < -0.3 is 0 Å². The van der Waals surface area contributed by atoms with Gasteiger partial charge in [-0.25, -0.2) is 0 Å². The Bertz CT molecular complexity index is 15.5. The quantitative estimate of drug-likeness (QED) is 0.434. The Morgan fingerprint density at radius 3 is 1.17 bits per heavy atom. The van der Waals surface area contributed by atoms with Crippen molar-refractivity contribution in [3.8, 4) is 0 Å². The van der Waals surface area contributed by atoms with Crippen molar-refractivity contribution < 1.29 is 114 Å². The third kappa shape index (κ3) is 23.4. The summed E-state index contributed by atoms with van der Waals surface area (Å²) < 4.78 is 8.00. The van der Waals surface area contributed by atoms with E-state index in [1.54, 1.807) is 0 Å². The van der Waals surface area contributed by atoms with Gasteiger partial charge in [-0.3, -0.25) is 0 Å². The van der Waals surface area contributed by atoms with E-state index in [4.69, 9.17) is 3.83 Å². The van der Waals surface area contributed by atoms with Gasteiger partial charge in [0.15, 0.2) is 0 Å². The molecular formula is H2CaCeFeLaMnO. The first-order chi connectivity index (χ1) is 1.00. The van der Waals surface area contributed by atoms with Crippen molar-refractivity contribution in [3.05, 3.63) is 0 Å². The second-order valence-corrected chi connectivity index (χ2v) is 0. The molecule has 0 fully saturated rings. The summed E-state index contributed by atoms with van der Waals surface area (Å²) in [5, 5.41) is 0. The third-order valence-electron chi connectivity index (χ3n) is 0. The van der Waals surface area contributed by atoms with Gasteiger partial charge in [0.05, 0.1) is 0 Å². The summed E-state index contributed by atoms with van der Waals surface area (Å²) in [7, 11) is 0. The molecule has 0 saturated carbocycles. The van der Waals surface area contributed by atoms with Crippen LogP contribution < -0.4 is 0 Å². The average Bonchev–Trinajstić information content (AvgIpc) is 1.00. The summed E-state index contributed by atoms with van der Waals surface area (Å²) in [6, 6.07) is 0. The maximum absolute atomic E-state index is 8.00. The van der Waals surface area contributed by atoms with E-state index in [1.165, 1.54) is 0 Å². The van der Waals surface area contributed by atoms with E-state index in [-0.39, 0.29) is 132 Å². The molecule has 0 aliphatic carbocycles. The molecule has 0 amide bonds. The van der Waals surface area contributed by atoms with Gasteiger partial charge >= 0.3 is 57.5 Å². The van der Waals surface area contributed by atoms with E-state index in [0.717, 1.165) is 0 Å². The van der Waals surface area contributed by atoms with Crippen molar-refractivity contribution in [2.75, 3.05) is 0 Å². The minimum absolute atomic E-state index is 0. The van der Waals surface area contributed by atoms with Crippen LogP contribution in [0.15, 0.2) is 0 Å². The predicted molar refractivity (Wildman–Crippen MR) is 9.23 cm³/mol. The number of hydrogen-bond acceptors (Lipinski definition) is 1. The maximum atomic E-state index is 8.00. The molecule has 1 nitrogen and oxygen atoms in total. The Morgan fingerprint density at radius 1 is 1.17 bits per heavy atom. The van der Waals surface area contributed by atoms with E-state index in [2.05, 4.69) is 0 Å². The Hall–Kier alpha value is 4.67. The van der Waals surface area contributed by atoms with Crippen LogP contribution >= 0.6 is 0 Å². The zero-order valence-electron chi connectivity index (χ0n) is 2.22. The zero-order chi connectivity index (χ0) is 2.00. The topological polar surface area (TPSA) is 17.1 Å². The third-order valence-corrected chi connectivity index (χ3v) is 0. The zero-order valence-corrected chi connectivity index (χ0v) is 11.3. The van der Waals surface area contributed by atoms with Gasteiger partial charge in [-0.1, -0.05) is 0 Å². The van der Waals surface area contributed by atoms with E-state index in [1.807, 2.05) is 15.9 Å². The van der Waals surface area contributed by atoms with Crippen molar-refractivity contribution in [2.24, 2.45) is 0 Å². The van der Waals surface area contributed by atoms with E-state index in [0.29, 0.717) is 0 Å². The second kappa shape index (κ2) is 33.3. The molecule has 0 N–H and O–H groups in total. The summed E-state index contributed by atoms with van der Waals surface area (Å²) in [6.07, 6.45) is 0. The van der Waals surface area contributed by atoms with Crippen molar-refractivity contribution in [1.29, 1.82) is 0 Å². The standard InChI is InChI=1S/Ca.Ce.Fe.La.Mn.O.2H. The van der Waals surface area contributed by atoms with Crippen LogP contribution in [0.5, 0.6) is 0 Å². The number of hydrogen-bond donors (Lipinski definition) is 0. The van der Waals surface area contributed by atoms with Gasteiger partial charge in [0.25, 0.3) is 0 Å². The van der Waals surface area contributed by atoms with Crippen molar-refractivity contribution >= 4 is 37.7 Å². The first kappa shape index (κ1) is 31.0. The van der Waals surface area contributed by atoms with Gasteiger partial charge in [0, 0.05) is 94.4 Å². The second-order valence-electron chi connectivity index (χ2n) is 0. The van der Waals surface area contributed by atoms with Crippen LogP contribution in [0.3, 0.4) is 0 Å². The molecule has 6 heavy (non-hydrogen) atoms. The van der Waals surface area contributed by atoms with Crippen LogP contribution in [-0.2, 0) is 36.8 Å². The Kier molecular flexibility index (Phi) is 172. The molecular weight excluding hydrogens is 446 g/mol. The first-order valence-electron chi connectivity index (χ1n) is 0.144. The SMILES string of the molecule is [CaH2].[Ce].[La].[Mn].[O]=[Fe]. The molecule has 2 radical (unpaired) electrons. The Labute approximate surface area is 147 Å². The average molecular weight is 448 g/mol. The van der Waals surface area contributed by atoms with E-state index in [9.17, 15) is 0 Å². The van der Waals surface area contributed by atoms with Crippen LogP contribution in [0, 0.1) is 77.3 Å². The molecule has 0 aliphatic heterocycles. The predicted octanol–water partition coefficient (Wildman–Crippen LogP) is -1.04. The van der Waals surface area contributed by atoms with Crippen LogP contribution in [0.25, 0.3) is 0 Å². The van der Waals surface area contributed by atoms with Gasteiger partial charge in [0.1, 0.15) is 0 Å². The summed E-state index contributed by atoms with van der Waals surface area (Å²) in [5.41, 5.74) is 0. The summed E-state index contributed by atoms with van der Waals surface area (Å²) in [5.74, 6) is 0. The molecule has 0 atom stereocenters. The fourth-order valence-electron chi connectivity index (χ4n) is 0. The molecule has 0 saturated heterocycles. The minimum atomic E-state index is 0. The van der Waals surface area contributed by atoms with E-state index >= 15 is 0 Å². The molecule has 0 spiro atoms. The molecule has 0 unspecified atom stereocenters. The first-order valence-corrected chi connectivity index (χ1v) is 0.595. The molecule has 0 bridgehead atoms. The monoisotopic (exact) mass is 448 g/mol. The number of rotatable bonds is 0. The van der Waals surface area contributed by atoms with Gasteiger partial charge in [-0.05, 0) is 0 Å². The molecule has 0 aromatic heterocycles. The van der Waals surface area contributed by atoms with Crippen LogP contribution in [0.2, 0.25) is 0 Å². The van der Waals surface area contributed by atoms with E-state index < -0.39 is 0 Å². The normalized spacial score (nSPS) is 0.833. The van der Waals surface area contributed by atoms with Crippen molar-refractivity contribution in [1.82, 2.24) is 0 Å². The molecule has 0 rings (SSSR count). The fourth-order valence-corrected chi connectivity index (χ4v) is 0. The molecule has 0 aromatic carbocycles. The fraction of sp³-hybridized carbons (Fsp3) is 0. The summed E-state index contributed by atoms with van der Waals surface area (Å²) in [6.45, 7) is 0. The molecule has 6 heteroatoms. The summed E-state index contributed by atoms with van der Waals surface area (Å²) in [4.78, 5) is 0. The molecule has 0 aliphatic rings. The van der Waals surface area contributed by atoms with Crippen LogP contribution in [0.1, 0.15) is 0 Å². The van der Waals surface area contributed by atoms with Crippen LogP contribution in [-0.4, -0.2) is 37.7 Å². The van der Waals surface area contributed by atoms with Gasteiger partial charge in [0.2, 0.25) is 0 Å². The molecule has 32 valence electrons. The van der Waals surface area contributed by atoms with Gasteiger partial charge in [-0.15, -0.1) is 0 Å². The van der Waals surface area contributed by atoms with Gasteiger partial charge in [-0.2, -0.15) is 0 Å². The summed E-state index contributed by atoms with van der Waals surface area (Å²) >= 11 is 2.00. The Balaban J connectivity index is -0.000000000833. The molecule has 0 heterocycles. The van der Waals surface area contributed by atoms with Crippen LogP contribution in [0.4, 0.5) is 0 Å².